The molecular formula is C14H22N2O3. The van der Waals surface area contributed by atoms with E-state index in [1.807, 2.05) is 19.1 Å². The maximum Gasteiger partial charge on any atom is 0.239 e. The molecule has 0 fully saturated rings. The first-order chi connectivity index (χ1) is 8.90. The van der Waals surface area contributed by atoms with Gasteiger partial charge in [-0.2, -0.15) is 0 Å². The molecule has 1 aromatic rings. The van der Waals surface area contributed by atoms with Gasteiger partial charge in [-0.15, -0.1) is 0 Å². The molecule has 2 N–H and O–H groups in total. The van der Waals surface area contributed by atoms with Gasteiger partial charge in [-0.3, -0.25) is 4.79 Å². The molecule has 0 saturated heterocycles. The third-order valence-electron chi connectivity index (χ3n) is 3.02. The molecule has 0 radical (unpaired) electrons. The van der Waals surface area contributed by atoms with E-state index < -0.39 is 6.04 Å². The number of hydrogen-bond acceptors (Lipinski definition) is 4. The van der Waals surface area contributed by atoms with Gasteiger partial charge in [-0.05, 0) is 37.1 Å². The van der Waals surface area contributed by atoms with E-state index in [4.69, 9.17) is 15.2 Å². The number of aryl methyl sites for hydroxylation is 1. The van der Waals surface area contributed by atoms with Crippen LogP contribution in [-0.2, 0) is 11.3 Å². The smallest absolute Gasteiger partial charge is 0.239 e. The van der Waals surface area contributed by atoms with Crippen molar-refractivity contribution in [1.82, 2.24) is 4.90 Å². The number of rotatable bonds is 5. The first kappa shape index (κ1) is 15.3. The summed E-state index contributed by atoms with van der Waals surface area (Å²) >= 11 is 0. The van der Waals surface area contributed by atoms with Crippen LogP contribution in [0.2, 0.25) is 0 Å². The van der Waals surface area contributed by atoms with E-state index in [-0.39, 0.29) is 5.91 Å². The van der Waals surface area contributed by atoms with Crippen molar-refractivity contribution in [2.45, 2.75) is 26.4 Å². The van der Waals surface area contributed by atoms with Crippen LogP contribution in [-0.4, -0.2) is 38.1 Å². The lowest BCUT2D eigenvalue weighted by Gasteiger charge is -2.21. The molecule has 0 spiro atoms. The Kier molecular flexibility index (Phi) is 5.18. The van der Waals surface area contributed by atoms with Crippen LogP contribution in [0.5, 0.6) is 11.5 Å². The van der Waals surface area contributed by atoms with Gasteiger partial charge in [0.25, 0.3) is 0 Å². The summed E-state index contributed by atoms with van der Waals surface area (Å²) in [7, 11) is 4.93. The van der Waals surface area contributed by atoms with E-state index in [9.17, 15) is 4.79 Å². The number of ether oxygens (including phenoxy) is 2. The van der Waals surface area contributed by atoms with E-state index in [0.717, 1.165) is 11.1 Å². The topological polar surface area (TPSA) is 64.8 Å². The van der Waals surface area contributed by atoms with E-state index in [1.165, 1.54) is 0 Å². The standard InChI is InChI=1S/C14H22N2O3/c1-9-6-12(18-4)13(19-5)7-11(9)8-16(3)14(17)10(2)15/h6-7,10H,8,15H2,1-5H3. The highest BCUT2D eigenvalue weighted by Crippen LogP contribution is 2.30. The molecule has 0 aliphatic heterocycles. The molecule has 0 aromatic heterocycles. The van der Waals surface area contributed by atoms with Gasteiger partial charge >= 0.3 is 0 Å². The molecule has 1 atom stereocenters. The predicted octanol–water partition coefficient (Wildman–Crippen LogP) is 1.32. The van der Waals surface area contributed by atoms with Gasteiger partial charge in [-0.25, -0.2) is 0 Å². The van der Waals surface area contributed by atoms with Gasteiger partial charge in [0, 0.05) is 13.6 Å². The molecule has 19 heavy (non-hydrogen) atoms. The molecule has 1 aromatic carbocycles. The molecule has 0 aliphatic carbocycles. The molecule has 0 bridgehead atoms. The second kappa shape index (κ2) is 6.43. The minimum Gasteiger partial charge on any atom is -0.493 e. The fraction of sp³-hybridized carbons (Fsp3) is 0.500. The second-order valence-corrected chi connectivity index (χ2v) is 4.62. The van der Waals surface area contributed by atoms with Crippen LogP contribution in [0, 0.1) is 6.92 Å². The fourth-order valence-corrected chi connectivity index (χ4v) is 1.87. The largest absolute Gasteiger partial charge is 0.493 e. The first-order valence-electron chi connectivity index (χ1n) is 6.12. The highest BCUT2D eigenvalue weighted by Gasteiger charge is 2.16. The summed E-state index contributed by atoms with van der Waals surface area (Å²) in [5.41, 5.74) is 7.65. The van der Waals surface area contributed by atoms with Crippen LogP contribution >= 0.6 is 0 Å². The number of carbonyl (C=O) groups is 1. The number of amides is 1. The Morgan fingerprint density at radius 2 is 1.84 bits per heavy atom. The number of nitrogens with two attached hydrogens (primary N) is 1. The molecule has 5 heteroatoms. The van der Waals surface area contributed by atoms with E-state index in [0.29, 0.717) is 18.0 Å². The van der Waals surface area contributed by atoms with Gasteiger partial charge in [0.15, 0.2) is 11.5 Å². The van der Waals surface area contributed by atoms with E-state index in [2.05, 4.69) is 0 Å². The number of likely N-dealkylation sites (N-methyl/N-ethyl adjacent to an activating group) is 1. The average molecular weight is 266 g/mol. The zero-order valence-electron chi connectivity index (χ0n) is 12.2. The Bertz CT molecular complexity index is 458. The Morgan fingerprint density at radius 1 is 1.32 bits per heavy atom. The average Bonchev–Trinajstić information content (AvgIpc) is 2.39. The molecule has 1 rings (SSSR count). The van der Waals surface area contributed by atoms with Crippen molar-refractivity contribution in [3.05, 3.63) is 23.3 Å². The second-order valence-electron chi connectivity index (χ2n) is 4.62. The third-order valence-corrected chi connectivity index (χ3v) is 3.02. The van der Waals surface area contributed by atoms with Crippen molar-refractivity contribution in [3.63, 3.8) is 0 Å². The number of carbonyl (C=O) groups excluding carboxylic acids is 1. The molecule has 106 valence electrons. The summed E-state index contributed by atoms with van der Waals surface area (Å²) in [6.45, 7) is 4.15. The van der Waals surface area contributed by atoms with Crippen LogP contribution in [0.15, 0.2) is 12.1 Å². The molecule has 0 aliphatic rings. The first-order valence-corrected chi connectivity index (χ1v) is 6.12. The minimum atomic E-state index is -0.495. The highest BCUT2D eigenvalue weighted by molar-refractivity contribution is 5.80. The maximum atomic E-state index is 11.8. The lowest BCUT2D eigenvalue weighted by molar-refractivity contribution is -0.131. The zero-order valence-corrected chi connectivity index (χ0v) is 12.2. The molecule has 1 amide bonds. The summed E-state index contributed by atoms with van der Waals surface area (Å²) in [6, 6.07) is 3.29. The van der Waals surface area contributed by atoms with E-state index in [1.54, 1.807) is 33.1 Å². The maximum absolute atomic E-state index is 11.8. The Balaban J connectivity index is 2.98. The predicted molar refractivity (Wildman–Crippen MR) is 74.4 cm³/mol. The number of hydrogen-bond donors (Lipinski definition) is 1. The van der Waals surface area contributed by atoms with Crippen LogP contribution in [0.25, 0.3) is 0 Å². The highest BCUT2D eigenvalue weighted by atomic mass is 16.5. The zero-order chi connectivity index (χ0) is 14.6. The lowest BCUT2D eigenvalue weighted by Crippen LogP contribution is -2.39. The number of methoxy groups -OCH3 is 2. The summed E-state index contributed by atoms with van der Waals surface area (Å²) in [5.74, 6) is 1.25. The van der Waals surface area contributed by atoms with Crippen LogP contribution < -0.4 is 15.2 Å². The van der Waals surface area contributed by atoms with Crippen molar-refractivity contribution >= 4 is 5.91 Å². The third kappa shape index (κ3) is 3.61. The monoisotopic (exact) mass is 266 g/mol. The summed E-state index contributed by atoms with van der Waals surface area (Å²) in [4.78, 5) is 13.4. The fourth-order valence-electron chi connectivity index (χ4n) is 1.87. The summed E-state index contributed by atoms with van der Waals surface area (Å²) in [6.07, 6.45) is 0. The number of nitrogens with zero attached hydrogens (tertiary/aromatic N) is 1. The summed E-state index contributed by atoms with van der Waals surface area (Å²) < 4.78 is 10.5. The van der Waals surface area contributed by atoms with E-state index >= 15 is 0 Å². The van der Waals surface area contributed by atoms with Crippen molar-refractivity contribution in [1.29, 1.82) is 0 Å². The molecule has 0 saturated carbocycles. The van der Waals surface area contributed by atoms with Crippen molar-refractivity contribution in [2.75, 3.05) is 21.3 Å². The summed E-state index contributed by atoms with van der Waals surface area (Å²) in [5, 5.41) is 0. The van der Waals surface area contributed by atoms with Gasteiger partial charge in [0.2, 0.25) is 5.91 Å². The minimum absolute atomic E-state index is 0.0887. The van der Waals surface area contributed by atoms with Gasteiger partial charge in [0.05, 0.1) is 20.3 Å². The number of benzene rings is 1. The molecular weight excluding hydrogens is 244 g/mol. The Morgan fingerprint density at radius 3 is 2.32 bits per heavy atom. The molecule has 0 heterocycles. The quantitative estimate of drug-likeness (QED) is 0.873. The van der Waals surface area contributed by atoms with Crippen LogP contribution in [0.1, 0.15) is 18.1 Å². The Hall–Kier alpha value is -1.75. The van der Waals surface area contributed by atoms with Crippen molar-refractivity contribution in [2.24, 2.45) is 5.73 Å². The van der Waals surface area contributed by atoms with Crippen molar-refractivity contribution < 1.29 is 14.3 Å². The van der Waals surface area contributed by atoms with Crippen LogP contribution in [0.3, 0.4) is 0 Å². The SMILES string of the molecule is COc1cc(C)c(CN(C)C(=O)C(C)N)cc1OC. The van der Waals surface area contributed by atoms with Crippen molar-refractivity contribution in [3.8, 4) is 11.5 Å². The van der Waals surface area contributed by atoms with Gasteiger partial charge in [0.1, 0.15) is 0 Å². The van der Waals surface area contributed by atoms with Gasteiger partial charge in [-0.1, -0.05) is 0 Å². The normalized spacial score (nSPS) is 11.9. The van der Waals surface area contributed by atoms with Gasteiger partial charge < -0.3 is 20.1 Å². The Labute approximate surface area is 114 Å². The molecule has 5 nitrogen and oxygen atoms in total. The molecule has 1 unspecified atom stereocenters. The van der Waals surface area contributed by atoms with Crippen LogP contribution in [0.4, 0.5) is 0 Å². The lowest BCUT2D eigenvalue weighted by atomic mass is 10.1.